The van der Waals surface area contributed by atoms with Gasteiger partial charge in [0.25, 0.3) is 0 Å². The third kappa shape index (κ3) is 4.21. The Morgan fingerprint density at radius 2 is 1.62 bits per heavy atom. The van der Waals surface area contributed by atoms with Crippen LogP contribution in [0.15, 0.2) is 0 Å². The molecule has 2 N–H and O–H groups in total. The summed E-state index contributed by atoms with van der Waals surface area (Å²) in [5, 5.41) is 11.4. The Labute approximate surface area is 97.4 Å². The summed E-state index contributed by atoms with van der Waals surface area (Å²) in [7, 11) is 0. The molecule has 0 spiro atoms. The Balaban J connectivity index is 4.38. The highest BCUT2D eigenvalue weighted by Crippen LogP contribution is 2.19. The van der Waals surface area contributed by atoms with Crippen molar-refractivity contribution in [2.45, 2.75) is 53.0 Å². The Morgan fingerprint density at radius 1 is 1.12 bits per heavy atom. The molecule has 0 bridgehead atoms. The Morgan fingerprint density at radius 3 is 1.94 bits per heavy atom. The van der Waals surface area contributed by atoms with Gasteiger partial charge in [-0.3, -0.25) is 4.79 Å². The Hall–Kier alpha value is -1.06. The van der Waals surface area contributed by atoms with Crippen LogP contribution < -0.4 is 5.32 Å². The number of carbonyl (C=O) groups is 2. The summed E-state index contributed by atoms with van der Waals surface area (Å²) in [4.78, 5) is 22.6. The van der Waals surface area contributed by atoms with E-state index < -0.39 is 12.0 Å². The van der Waals surface area contributed by atoms with Gasteiger partial charge in [0.15, 0.2) is 0 Å². The predicted molar refractivity (Wildman–Crippen MR) is 63.1 cm³/mol. The fourth-order valence-electron chi connectivity index (χ4n) is 1.85. The zero-order valence-corrected chi connectivity index (χ0v) is 10.6. The van der Waals surface area contributed by atoms with Crippen molar-refractivity contribution in [3.05, 3.63) is 0 Å². The van der Waals surface area contributed by atoms with Crippen LogP contribution in [0, 0.1) is 11.8 Å². The summed E-state index contributed by atoms with van der Waals surface area (Å²) >= 11 is 0. The molecule has 0 rings (SSSR count). The summed E-state index contributed by atoms with van der Waals surface area (Å²) in [5.41, 5.74) is 0. The first-order valence-electron chi connectivity index (χ1n) is 6.00. The van der Waals surface area contributed by atoms with E-state index in [9.17, 15) is 9.59 Å². The molecule has 0 aromatic heterocycles. The molecule has 2 unspecified atom stereocenters. The number of amides is 1. The standard InChI is InChI=1S/C12H23NO3/c1-5-9(6-2)8(4)11(14)13-10(7-3)12(15)16/h8-10H,5-7H2,1-4H3,(H,13,14)(H,15,16). The van der Waals surface area contributed by atoms with Crippen LogP contribution in [0.1, 0.15) is 47.0 Å². The zero-order chi connectivity index (χ0) is 12.7. The lowest BCUT2D eigenvalue weighted by molar-refractivity contribution is -0.142. The minimum Gasteiger partial charge on any atom is -0.480 e. The minimum absolute atomic E-state index is 0.122. The maximum absolute atomic E-state index is 11.8. The van der Waals surface area contributed by atoms with E-state index in [1.165, 1.54) is 0 Å². The van der Waals surface area contributed by atoms with Gasteiger partial charge in [0.05, 0.1) is 0 Å². The first kappa shape index (κ1) is 14.9. The molecule has 0 fully saturated rings. The summed E-state index contributed by atoms with van der Waals surface area (Å²) in [6.45, 7) is 7.71. The first-order valence-corrected chi connectivity index (χ1v) is 6.00. The molecule has 0 radical (unpaired) electrons. The number of hydrogen-bond donors (Lipinski definition) is 2. The summed E-state index contributed by atoms with van der Waals surface area (Å²) in [5.74, 6) is -0.912. The van der Waals surface area contributed by atoms with Gasteiger partial charge >= 0.3 is 5.97 Å². The van der Waals surface area contributed by atoms with Crippen LogP contribution in [-0.4, -0.2) is 23.0 Å². The molecule has 0 aromatic carbocycles. The monoisotopic (exact) mass is 229 g/mol. The molecule has 4 nitrogen and oxygen atoms in total. The quantitative estimate of drug-likeness (QED) is 0.702. The van der Waals surface area contributed by atoms with Gasteiger partial charge in [0.1, 0.15) is 6.04 Å². The fraction of sp³-hybridized carbons (Fsp3) is 0.833. The molecule has 0 heterocycles. The average molecular weight is 229 g/mol. The van der Waals surface area contributed by atoms with Crippen LogP contribution >= 0.6 is 0 Å². The maximum atomic E-state index is 11.8. The number of rotatable bonds is 7. The van der Waals surface area contributed by atoms with Gasteiger partial charge in [-0.2, -0.15) is 0 Å². The molecule has 0 aliphatic carbocycles. The van der Waals surface area contributed by atoms with E-state index in [4.69, 9.17) is 5.11 Å². The summed E-state index contributed by atoms with van der Waals surface area (Å²) in [6.07, 6.45) is 2.29. The molecule has 16 heavy (non-hydrogen) atoms. The molecule has 0 aliphatic rings. The molecule has 0 saturated carbocycles. The fourth-order valence-corrected chi connectivity index (χ4v) is 1.85. The van der Waals surface area contributed by atoms with Gasteiger partial charge in [-0.25, -0.2) is 4.79 Å². The number of carbonyl (C=O) groups excluding carboxylic acids is 1. The van der Waals surface area contributed by atoms with Crippen LogP contribution in [0.3, 0.4) is 0 Å². The van der Waals surface area contributed by atoms with Gasteiger partial charge in [-0.1, -0.05) is 40.5 Å². The van der Waals surface area contributed by atoms with Crippen molar-refractivity contribution in [2.75, 3.05) is 0 Å². The van der Waals surface area contributed by atoms with Crippen molar-refractivity contribution in [3.63, 3.8) is 0 Å². The smallest absolute Gasteiger partial charge is 0.326 e. The molecule has 4 heteroatoms. The van der Waals surface area contributed by atoms with E-state index >= 15 is 0 Å². The molecule has 0 aromatic rings. The van der Waals surface area contributed by atoms with Crippen LogP contribution in [0.25, 0.3) is 0 Å². The molecular formula is C12H23NO3. The predicted octanol–water partition coefficient (Wildman–Crippen LogP) is 2.04. The molecule has 94 valence electrons. The highest BCUT2D eigenvalue weighted by atomic mass is 16.4. The van der Waals surface area contributed by atoms with Gasteiger partial charge < -0.3 is 10.4 Å². The van der Waals surface area contributed by atoms with E-state index in [2.05, 4.69) is 5.32 Å². The van der Waals surface area contributed by atoms with E-state index in [-0.39, 0.29) is 11.8 Å². The van der Waals surface area contributed by atoms with Crippen LogP contribution in [-0.2, 0) is 9.59 Å². The van der Waals surface area contributed by atoms with Gasteiger partial charge in [0, 0.05) is 5.92 Å². The van der Waals surface area contributed by atoms with E-state index in [0.717, 1.165) is 12.8 Å². The van der Waals surface area contributed by atoms with Crippen LogP contribution in [0.2, 0.25) is 0 Å². The third-order valence-corrected chi connectivity index (χ3v) is 3.19. The summed E-state index contributed by atoms with van der Waals surface area (Å²) in [6, 6.07) is -0.760. The second-order valence-electron chi connectivity index (χ2n) is 4.17. The van der Waals surface area contributed by atoms with Crippen molar-refractivity contribution < 1.29 is 14.7 Å². The molecule has 2 atom stereocenters. The normalized spacial score (nSPS) is 14.6. The Bertz CT molecular complexity index is 236. The van der Waals surface area contributed by atoms with Gasteiger partial charge in [-0.15, -0.1) is 0 Å². The SMILES string of the molecule is CCC(NC(=O)C(C)C(CC)CC)C(=O)O. The van der Waals surface area contributed by atoms with Gasteiger partial charge in [-0.05, 0) is 12.3 Å². The van der Waals surface area contributed by atoms with Crippen molar-refractivity contribution in [1.29, 1.82) is 0 Å². The lowest BCUT2D eigenvalue weighted by Crippen LogP contribution is -2.44. The summed E-state index contributed by atoms with van der Waals surface area (Å²) < 4.78 is 0. The van der Waals surface area contributed by atoms with Crippen molar-refractivity contribution in [2.24, 2.45) is 11.8 Å². The highest BCUT2D eigenvalue weighted by molar-refractivity contribution is 5.84. The van der Waals surface area contributed by atoms with E-state index in [0.29, 0.717) is 12.3 Å². The molecule has 1 amide bonds. The first-order chi connectivity index (χ1) is 7.47. The second-order valence-corrected chi connectivity index (χ2v) is 4.17. The maximum Gasteiger partial charge on any atom is 0.326 e. The van der Waals surface area contributed by atoms with Crippen molar-refractivity contribution in [3.8, 4) is 0 Å². The zero-order valence-electron chi connectivity index (χ0n) is 10.6. The van der Waals surface area contributed by atoms with Crippen molar-refractivity contribution in [1.82, 2.24) is 5.32 Å². The molecule has 0 saturated heterocycles. The number of carboxylic acid groups (broad SMARTS) is 1. The highest BCUT2D eigenvalue weighted by Gasteiger charge is 2.25. The second kappa shape index (κ2) is 7.25. The van der Waals surface area contributed by atoms with Gasteiger partial charge in [0.2, 0.25) is 5.91 Å². The average Bonchev–Trinajstić information content (AvgIpc) is 2.26. The molecular weight excluding hydrogens is 206 g/mol. The van der Waals surface area contributed by atoms with E-state index in [1.54, 1.807) is 6.92 Å². The third-order valence-electron chi connectivity index (χ3n) is 3.19. The van der Waals surface area contributed by atoms with Crippen LogP contribution in [0.4, 0.5) is 0 Å². The number of aliphatic carboxylic acids is 1. The largest absolute Gasteiger partial charge is 0.480 e. The van der Waals surface area contributed by atoms with E-state index in [1.807, 2.05) is 20.8 Å². The number of carboxylic acids is 1. The number of nitrogens with one attached hydrogen (secondary N) is 1. The number of hydrogen-bond acceptors (Lipinski definition) is 2. The molecule has 0 aliphatic heterocycles. The van der Waals surface area contributed by atoms with Crippen molar-refractivity contribution >= 4 is 11.9 Å². The Kier molecular flexibility index (Phi) is 6.77. The lowest BCUT2D eigenvalue weighted by atomic mass is 9.88. The topological polar surface area (TPSA) is 66.4 Å². The van der Waals surface area contributed by atoms with Crippen LogP contribution in [0.5, 0.6) is 0 Å². The lowest BCUT2D eigenvalue weighted by Gasteiger charge is -2.22. The minimum atomic E-state index is -0.965.